The number of nitrogens with zero attached hydrogens (tertiary/aromatic N) is 1. The van der Waals surface area contributed by atoms with E-state index in [4.69, 9.17) is 10.5 Å². The number of ether oxygens (including phenoxy) is 1. The molecule has 104 valence electrons. The molecule has 0 saturated carbocycles. The molecular formula is C16H24N2O. The van der Waals surface area contributed by atoms with Crippen LogP contribution < -0.4 is 10.5 Å². The van der Waals surface area contributed by atoms with E-state index in [0.29, 0.717) is 18.6 Å². The minimum Gasteiger partial charge on any atom is -0.493 e. The van der Waals surface area contributed by atoms with Crippen molar-refractivity contribution in [1.82, 2.24) is 4.90 Å². The molecule has 3 nitrogen and oxygen atoms in total. The molecule has 2 N–H and O–H groups in total. The predicted octanol–water partition coefficient (Wildman–Crippen LogP) is 2.35. The van der Waals surface area contributed by atoms with Gasteiger partial charge in [0.25, 0.3) is 0 Å². The zero-order chi connectivity index (χ0) is 13.4. The van der Waals surface area contributed by atoms with E-state index >= 15 is 0 Å². The second kappa shape index (κ2) is 5.14. The summed E-state index contributed by atoms with van der Waals surface area (Å²) < 4.78 is 5.59. The fraction of sp³-hybridized carbons (Fsp3) is 0.625. The SMILES string of the molecule is CC1CC(C)N(C(CN)c2ccc3c(c2)CCO3)C1. The number of rotatable bonds is 3. The average Bonchev–Trinajstić information content (AvgIpc) is 2.97. The summed E-state index contributed by atoms with van der Waals surface area (Å²) >= 11 is 0. The lowest BCUT2D eigenvalue weighted by molar-refractivity contribution is 0.192. The van der Waals surface area contributed by atoms with Crippen LogP contribution in [-0.2, 0) is 6.42 Å². The molecular weight excluding hydrogens is 236 g/mol. The van der Waals surface area contributed by atoms with Gasteiger partial charge in [0.15, 0.2) is 0 Å². The van der Waals surface area contributed by atoms with Crippen LogP contribution >= 0.6 is 0 Å². The Morgan fingerprint density at radius 3 is 2.95 bits per heavy atom. The number of hydrogen-bond donors (Lipinski definition) is 1. The minimum atomic E-state index is 0.353. The molecule has 0 bridgehead atoms. The molecule has 2 aliphatic rings. The standard InChI is InChI=1S/C16H24N2O/c1-11-7-12(2)18(10-11)15(9-17)13-3-4-16-14(8-13)5-6-19-16/h3-4,8,11-12,15H,5-7,9-10,17H2,1-2H3. The Bertz CT molecular complexity index is 460. The highest BCUT2D eigenvalue weighted by Crippen LogP contribution is 2.34. The van der Waals surface area contributed by atoms with Crippen molar-refractivity contribution in [2.75, 3.05) is 19.7 Å². The Labute approximate surface area is 115 Å². The van der Waals surface area contributed by atoms with Crippen molar-refractivity contribution < 1.29 is 4.74 Å². The van der Waals surface area contributed by atoms with E-state index in [0.717, 1.165) is 31.2 Å². The molecule has 1 saturated heterocycles. The third-order valence-electron chi connectivity index (χ3n) is 4.55. The van der Waals surface area contributed by atoms with E-state index in [-0.39, 0.29) is 0 Å². The van der Waals surface area contributed by atoms with Gasteiger partial charge in [0, 0.05) is 31.6 Å². The normalized spacial score (nSPS) is 28.2. The van der Waals surface area contributed by atoms with Gasteiger partial charge in [-0.15, -0.1) is 0 Å². The van der Waals surface area contributed by atoms with Crippen molar-refractivity contribution in [3.63, 3.8) is 0 Å². The Kier molecular flexibility index (Phi) is 3.50. The van der Waals surface area contributed by atoms with E-state index in [9.17, 15) is 0 Å². The van der Waals surface area contributed by atoms with E-state index < -0.39 is 0 Å². The first-order valence-corrected chi connectivity index (χ1v) is 7.40. The number of fused-ring (bicyclic) bond motifs is 1. The molecule has 19 heavy (non-hydrogen) atoms. The lowest BCUT2D eigenvalue weighted by Gasteiger charge is -2.31. The van der Waals surface area contributed by atoms with Crippen LogP contribution in [0.1, 0.15) is 37.4 Å². The summed E-state index contributed by atoms with van der Waals surface area (Å²) in [5.41, 5.74) is 8.76. The first kappa shape index (κ1) is 12.9. The van der Waals surface area contributed by atoms with Crippen LogP contribution in [-0.4, -0.2) is 30.6 Å². The molecule has 3 heteroatoms. The summed E-state index contributed by atoms with van der Waals surface area (Å²) in [6.07, 6.45) is 2.32. The van der Waals surface area contributed by atoms with Gasteiger partial charge < -0.3 is 10.5 Å². The maximum Gasteiger partial charge on any atom is 0.122 e. The molecule has 2 aliphatic heterocycles. The number of hydrogen-bond acceptors (Lipinski definition) is 3. The molecule has 1 aromatic carbocycles. The summed E-state index contributed by atoms with van der Waals surface area (Å²) in [5.74, 6) is 1.84. The van der Waals surface area contributed by atoms with Gasteiger partial charge in [-0.25, -0.2) is 0 Å². The molecule has 0 spiro atoms. The molecule has 2 heterocycles. The van der Waals surface area contributed by atoms with Gasteiger partial charge in [0.1, 0.15) is 5.75 Å². The predicted molar refractivity (Wildman–Crippen MR) is 77.4 cm³/mol. The summed E-state index contributed by atoms with van der Waals surface area (Å²) in [7, 11) is 0. The van der Waals surface area contributed by atoms with Gasteiger partial charge in [-0.05, 0) is 36.5 Å². The highest BCUT2D eigenvalue weighted by Gasteiger charge is 2.32. The van der Waals surface area contributed by atoms with E-state index in [1.54, 1.807) is 0 Å². The Balaban J connectivity index is 1.86. The lowest BCUT2D eigenvalue weighted by atomic mass is 10.0. The Morgan fingerprint density at radius 2 is 2.26 bits per heavy atom. The van der Waals surface area contributed by atoms with Gasteiger partial charge in [-0.1, -0.05) is 19.1 Å². The van der Waals surface area contributed by atoms with Crippen LogP contribution in [0.3, 0.4) is 0 Å². The van der Waals surface area contributed by atoms with Gasteiger partial charge in [-0.2, -0.15) is 0 Å². The largest absolute Gasteiger partial charge is 0.493 e. The fourth-order valence-corrected chi connectivity index (χ4v) is 3.64. The van der Waals surface area contributed by atoms with Gasteiger partial charge in [0.2, 0.25) is 0 Å². The lowest BCUT2D eigenvalue weighted by Crippen LogP contribution is -2.36. The molecule has 1 aromatic rings. The maximum absolute atomic E-state index is 6.06. The quantitative estimate of drug-likeness (QED) is 0.906. The number of benzene rings is 1. The molecule has 3 unspecified atom stereocenters. The average molecular weight is 260 g/mol. The van der Waals surface area contributed by atoms with E-state index in [2.05, 4.69) is 36.9 Å². The maximum atomic E-state index is 6.06. The smallest absolute Gasteiger partial charge is 0.122 e. The molecule has 0 radical (unpaired) electrons. The fourth-order valence-electron chi connectivity index (χ4n) is 3.64. The Hall–Kier alpha value is -1.06. The molecule has 0 aliphatic carbocycles. The molecule has 1 fully saturated rings. The second-order valence-electron chi connectivity index (χ2n) is 6.10. The van der Waals surface area contributed by atoms with Crippen LogP contribution in [0.5, 0.6) is 5.75 Å². The summed E-state index contributed by atoms with van der Waals surface area (Å²) in [4.78, 5) is 2.57. The van der Waals surface area contributed by atoms with Crippen molar-refractivity contribution in [1.29, 1.82) is 0 Å². The highest BCUT2D eigenvalue weighted by molar-refractivity contribution is 5.41. The molecule has 3 rings (SSSR count). The molecule has 3 atom stereocenters. The summed E-state index contributed by atoms with van der Waals surface area (Å²) in [6.45, 7) is 7.33. The van der Waals surface area contributed by atoms with E-state index in [1.165, 1.54) is 17.5 Å². The monoisotopic (exact) mass is 260 g/mol. The zero-order valence-electron chi connectivity index (χ0n) is 11.9. The van der Waals surface area contributed by atoms with Crippen LogP contribution in [0.2, 0.25) is 0 Å². The third kappa shape index (κ3) is 2.37. The zero-order valence-corrected chi connectivity index (χ0v) is 11.9. The van der Waals surface area contributed by atoms with Crippen molar-refractivity contribution >= 4 is 0 Å². The van der Waals surface area contributed by atoms with Crippen molar-refractivity contribution in [2.45, 2.75) is 38.8 Å². The summed E-state index contributed by atoms with van der Waals surface area (Å²) in [5, 5.41) is 0. The number of likely N-dealkylation sites (tertiary alicyclic amines) is 1. The van der Waals surface area contributed by atoms with Crippen LogP contribution in [0.15, 0.2) is 18.2 Å². The van der Waals surface area contributed by atoms with Crippen LogP contribution in [0.4, 0.5) is 0 Å². The van der Waals surface area contributed by atoms with E-state index in [1.807, 2.05) is 0 Å². The number of nitrogens with two attached hydrogens (primary N) is 1. The van der Waals surface area contributed by atoms with Gasteiger partial charge >= 0.3 is 0 Å². The van der Waals surface area contributed by atoms with Crippen LogP contribution in [0, 0.1) is 5.92 Å². The highest BCUT2D eigenvalue weighted by atomic mass is 16.5. The molecule has 0 aromatic heterocycles. The first-order chi connectivity index (χ1) is 9.19. The summed E-state index contributed by atoms with van der Waals surface area (Å²) in [6, 6.07) is 7.59. The minimum absolute atomic E-state index is 0.353. The van der Waals surface area contributed by atoms with Crippen molar-refractivity contribution in [3.05, 3.63) is 29.3 Å². The van der Waals surface area contributed by atoms with Gasteiger partial charge in [0.05, 0.1) is 6.61 Å². The van der Waals surface area contributed by atoms with Crippen LogP contribution in [0.25, 0.3) is 0 Å². The second-order valence-corrected chi connectivity index (χ2v) is 6.10. The molecule has 0 amide bonds. The van der Waals surface area contributed by atoms with Crippen molar-refractivity contribution in [2.24, 2.45) is 11.7 Å². The Morgan fingerprint density at radius 1 is 1.42 bits per heavy atom. The third-order valence-corrected chi connectivity index (χ3v) is 4.55. The first-order valence-electron chi connectivity index (χ1n) is 7.40. The van der Waals surface area contributed by atoms with Crippen molar-refractivity contribution in [3.8, 4) is 5.75 Å². The topological polar surface area (TPSA) is 38.5 Å². The van der Waals surface area contributed by atoms with Gasteiger partial charge in [-0.3, -0.25) is 4.90 Å².